The van der Waals surface area contributed by atoms with Crippen LogP contribution in [0.3, 0.4) is 0 Å². The van der Waals surface area contributed by atoms with Crippen molar-refractivity contribution in [2.75, 3.05) is 13.7 Å². The zero-order chi connectivity index (χ0) is 31.2. The van der Waals surface area contributed by atoms with E-state index in [-0.39, 0.29) is 46.5 Å². The summed E-state index contributed by atoms with van der Waals surface area (Å²) in [5.74, 6) is 2.05. The third-order valence-electron chi connectivity index (χ3n) is 15.4. The minimum Gasteiger partial charge on any atom is -0.393 e. The average molecular weight is 594 g/mol. The number of nitrogens with zero attached hydrogens (tertiary/aromatic N) is 1. The number of ether oxygens (including phenoxy) is 1. The molecule has 1 aromatic carbocycles. The number of carbonyl (C=O) groups is 1. The van der Waals surface area contributed by atoms with Crippen molar-refractivity contribution in [2.24, 2.45) is 50.7 Å². The van der Waals surface area contributed by atoms with E-state index in [0.29, 0.717) is 41.0 Å². The first-order valence-corrected chi connectivity index (χ1v) is 17.4. The van der Waals surface area contributed by atoms with Crippen LogP contribution in [0.25, 0.3) is 0 Å². The van der Waals surface area contributed by atoms with Gasteiger partial charge in [-0.2, -0.15) is 0 Å². The fourth-order valence-corrected chi connectivity index (χ4v) is 12.8. The van der Waals surface area contributed by atoms with Crippen molar-refractivity contribution in [1.29, 1.82) is 0 Å². The lowest BCUT2D eigenvalue weighted by Crippen LogP contribution is -2.59. The Morgan fingerprint density at radius 3 is 2.26 bits per heavy atom. The molecule has 6 rings (SSSR count). The fraction of sp³-hybridized carbons (Fsp3) is 0.816. The summed E-state index contributed by atoms with van der Waals surface area (Å²) in [6.07, 6.45) is 9.52. The van der Waals surface area contributed by atoms with E-state index in [2.05, 4.69) is 53.7 Å². The van der Waals surface area contributed by atoms with Gasteiger partial charge in [-0.25, -0.2) is 0 Å². The summed E-state index contributed by atoms with van der Waals surface area (Å²) in [6, 6.07) is 10.3. The van der Waals surface area contributed by atoms with Crippen LogP contribution in [0.4, 0.5) is 0 Å². The number of fused-ring (bicyclic) bond motifs is 2. The Labute approximate surface area is 261 Å². The van der Waals surface area contributed by atoms with Crippen molar-refractivity contribution in [3.05, 3.63) is 35.9 Å². The number of carbonyl (C=O) groups excluding carboxylic acids is 1. The second kappa shape index (κ2) is 10.6. The third kappa shape index (κ3) is 4.29. The molecule has 5 fully saturated rings. The predicted octanol–water partition coefficient (Wildman–Crippen LogP) is 7.41. The van der Waals surface area contributed by atoms with Gasteiger partial charge in [0.1, 0.15) is 0 Å². The quantitative estimate of drug-likeness (QED) is 0.329. The van der Waals surface area contributed by atoms with Gasteiger partial charge in [0.2, 0.25) is 5.91 Å². The smallest absolute Gasteiger partial charge is 0.220 e. The van der Waals surface area contributed by atoms with Crippen LogP contribution in [-0.2, 0) is 9.53 Å². The zero-order valence-electron chi connectivity index (χ0n) is 28.2. The van der Waals surface area contributed by atoms with Crippen LogP contribution in [-0.4, -0.2) is 53.0 Å². The van der Waals surface area contributed by atoms with Crippen LogP contribution < -0.4 is 0 Å². The van der Waals surface area contributed by atoms with Gasteiger partial charge in [0, 0.05) is 26.0 Å². The molecule has 5 aliphatic carbocycles. The lowest BCUT2D eigenvalue weighted by molar-refractivity contribution is -0.182. The first-order valence-electron chi connectivity index (χ1n) is 17.4. The SMILES string of the molecule is COC(C[C@@H](C)[C@H]1C[C@H](O)[C@@]2(C)C3CC[C@H]4C(C)(C)C(O)CCC45CC35CCC12C)CN(C(C)=O)[C@H](C)c1ccccc1. The van der Waals surface area contributed by atoms with Gasteiger partial charge < -0.3 is 19.8 Å². The second-order valence-electron chi connectivity index (χ2n) is 16.9. The van der Waals surface area contributed by atoms with Gasteiger partial charge in [-0.05, 0) is 116 Å². The molecule has 0 heterocycles. The highest BCUT2D eigenvalue weighted by Gasteiger charge is 2.83. The van der Waals surface area contributed by atoms with E-state index in [1.165, 1.54) is 38.5 Å². The number of aliphatic hydroxyl groups is 2. The average Bonchev–Trinajstić information content (AvgIpc) is 3.60. The standard InChI is InChI=1S/C38H59NO4/c1-24(20-28(43-8)22-39(26(3)40)25(2)27-12-10-9-11-13-27)29-21-33(42)36(7)31-15-14-30-34(4,5)32(41)16-17-37(30)23-38(31,37)19-18-35(29,36)6/h9-13,24-25,28-33,41-42H,14-23H2,1-8H3/t24-,25-,28?,29-,30+,31?,32?,33+,35?,36-,37?,38?/m1/s1. The van der Waals surface area contributed by atoms with Gasteiger partial charge in [-0.15, -0.1) is 0 Å². The maximum atomic E-state index is 12.8. The number of rotatable bonds is 8. The van der Waals surface area contributed by atoms with E-state index in [1.807, 2.05) is 23.1 Å². The lowest BCUT2D eigenvalue weighted by Gasteiger charge is -2.63. The van der Waals surface area contributed by atoms with Gasteiger partial charge in [-0.1, -0.05) is 65.0 Å². The van der Waals surface area contributed by atoms with Crippen LogP contribution in [0, 0.1) is 50.7 Å². The first kappa shape index (κ1) is 31.5. The molecule has 43 heavy (non-hydrogen) atoms. The Kier molecular flexibility index (Phi) is 7.75. The Hall–Kier alpha value is -1.43. The molecule has 5 saturated carbocycles. The molecule has 2 spiro atoms. The highest BCUT2D eigenvalue weighted by molar-refractivity contribution is 5.73. The fourth-order valence-electron chi connectivity index (χ4n) is 12.8. The number of hydrogen-bond donors (Lipinski definition) is 2. The summed E-state index contributed by atoms with van der Waals surface area (Å²) in [4.78, 5) is 14.8. The molecule has 12 atom stereocenters. The molecule has 6 unspecified atom stereocenters. The van der Waals surface area contributed by atoms with Crippen molar-refractivity contribution >= 4 is 5.91 Å². The molecule has 1 amide bonds. The van der Waals surface area contributed by atoms with Crippen molar-refractivity contribution < 1.29 is 19.7 Å². The second-order valence-corrected chi connectivity index (χ2v) is 16.9. The van der Waals surface area contributed by atoms with E-state index in [1.54, 1.807) is 14.0 Å². The number of benzene rings is 1. The molecule has 5 aliphatic rings. The molecule has 0 aromatic heterocycles. The molecule has 1 aromatic rings. The van der Waals surface area contributed by atoms with Crippen molar-refractivity contribution in [3.63, 3.8) is 0 Å². The van der Waals surface area contributed by atoms with Crippen LogP contribution in [0.15, 0.2) is 30.3 Å². The molecule has 0 saturated heterocycles. The van der Waals surface area contributed by atoms with Crippen molar-refractivity contribution in [3.8, 4) is 0 Å². The Balaban J connectivity index is 1.21. The molecule has 5 nitrogen and oxygen atoms in total. The molecular formula is C38H59NO4. The van der Waals surface area contributed by atoms with E-state index >= 15 is 0 Å². The first-order chi connectivity index (χ1) is 20.2. The molecule has 2 N–H and O–H groups in total. The van der Waals surface area contributed by atoms with E-state index in [9.17, 15) is 15.0 Å². The third-order valence-corrected chi connectivity index (χ3v) is 15.4. The predicted molar refractivity (Wildman–Crippen MR) is 171 cm³/mol. The van der Waals surface area contributed by atoms with E-state index < -0.39 is 0 Å². The van der Waals surface area contributed by atoms with Crippen molar-refractivity contribution in [2.45, 2.75) is 131 Å². The summed E-state index contributed by atoms with van der Waals surface area (Å²) in [6.45, 7) is 16.4. The highest BCUT2D eigenvalue weighted by atomic mass is 16.5. The molecule has 0 radical (unpaired) electrons. The minimum atomic E-state index is -0.281. The molecule has 5 heteroatoms. The summed E-state index contributed by atoms with van der Waals surface area (Å²) >= 11 is 0. The topological polar surface area (TPSA) is 70.0 Å². The summed E-state index contributed by atoms with van der Waals surface area (Å²) in [5, 5.41) is 23.0. The maximum Gasteiger partial charge on any atom is 0.220 e. The summed E-state index contributed by atoms with van der Waals surface area (Å²) < 4.78 is 6.09. The van der Waals surface area contributed by atoms with Crippen molar-refractivity contribution in [1.82, 2.24) is 4.90 Å². The maximum absolute atomic E-state index is 12.8. The molecular weight excluding hydrogens is 534 g/mol. The Bertz CT molecular complexity index is 1200. The lowest BCUT2D eigenvalue weighted by atomic mass is 9.41. The van der Waals surface area contributed by atoms with Crippen LogP contribution in [0.2, 0.25) is 0 Å². The van der Waals surface area contributed by atoms with Crippen LogP contribution >= 0.6 is 0 Å². The van der Waals surface area contributed by atoms with E-state index in [4.69, 9.17) is 4.74 Å². The zero-order valence-corrected chi connectivity index (χ0v) is 28.2. The molecule has 0 bridgehead atoms. The monoisotopic (exact) mass is 593 g/mol. The normalized spacial score (nSPS) is 44.7. The number of aliphatic hydroxyl groups excluding tert-OH is 2. The molecule has 0 aliphatic heterocycles. The highest BCUT2D eigenvalue weighted by Crippen LogP contribution is 2.89. The van der Waals surface area contributed by atoms with Gasteiger partial charge in [0.05, 0.1) is 24.4 Å². The summed E-state index contributed by atoms with van der Waals surface area (Å²) in [5.41, 5.74) is 1.85. The van der Waals surface area contributed by atoms with Gasteiger partial charge in [0.25, 0.3) is 0 Å². The largest absolute Gasteiger partial charge is 0.393 e. The van der Waals surface area contributed by atoms with E-state index in [0.717, 1.165) is 24.8 Å². The summed E-state index contributed by atoms with van der Waals surface area (Å²) in [7, 11) is 1.79. The Morgan fingerprint density at radius 2 is 1.60 bits per heavy atom. The van der Waals surface area contributed by atoms with Crippen LogP contribution in [0.5, 0.6) is 0 Å². The van der Waals surface area contributed by atoms with Crippen LogP contribution in [0.1, 0.15) is 118 Å². The number of amides is 1. The van der Waals surface area contributed by atoms with Gasteiger partial charge >= 0.3 is 0 Å². The number of methoxy groups -OCH3 is 1. The Morgan fingerprint density at radius 1 is 0.953 bits per heavy atom. The minimum absolute atomic E-state index is 0.0119. The molecule has 240 valence electrons. The van der Waals surface area contributed by atoms with Gasteiger partial charge in [-0.3, -0.25) is 4.79 Å². The number of hydrogen-bond acceptors (Lipinski definition) is 4. The van der Waals surface area contributed by atoms with Gasteiger partial charge in [0.15, 0.2) is 0 Å².